The van der Waals surface area contributed by atoms with Crippen molar-refractivity contribution >= 4 is 5.91 Å². The molecule has 22 heavy (non-hydrogen) atoms. The molecule has 1 atom stereocenters. The van der Waals surface area contributed by atoms with E-state index in [9.17, 15) is 4.79 Å². The van der Waals surface area contributed by atoms with Crippen LogP contribution in [0.25, 0.3) is 0 Å². The Bertz CT molecular complexity index is 370. The maximum Gasteiger partial charge on any atom is 0.237 e. The van der Waals surface area contributed by atoms with Crippen molar-refractivity contribution in [3.05, 3.63) is 0 Å². The van der Waals surface area contributed by atoms with Gasteiger partial charge in [0.05, 0.1) is 6.04 Å². The summed E-state index contributed by atoms with van der Waals surface area (Å²) in [4.78, 5) is 12.4. The second kappa shape index (κ2) is 6.90. The highest BCUT2D eigenvalue weighted by Gasteiger charge is 2.34. The van der Waals surface area contributed by atoms with E-state index in [0.29, 0.717) is 5.41 Å². The summed E-state index contributed by atoms with van der Waals surface area (Å²) in [6.07, 6.45) is 2.10. The van der Waals surface area contributed by atoms with Crippen LogP contribution in [-0.2, 0) is 4.79 Å². The van der Waals surface area contributed by atoms with Crippen LogP contribution < -0.4 is 10.6 Å². The quantitative estimate of drug-likeness (QED) is 0.757. The molecule has 0 saturated heterocycles. The van der Waals surface area contributed by atoms with Crippen LogP contribution in [0.15, 0.2) is 0 Å². The van der Waals surface area contributed by atoms with E-state index in [1.54, 1.807) is 0 Å². The molecule has 0 aliphatic heterocycles. The average molecular weight is 313 g/mol. The molecule has 0 aromatic heterocycles. The first-order valence-corrected chi connectivity index (χ1v) is 8.52. The van der Waals surface area contributed by atoms with Crippen LogP contribution in [0.1, 0.15) is 89.0 Å². The lowest BCUT2D eigenvalue weighted by Crippen LogP contribution is -2.55. The van der Waals surface area contributed by atoms with Gasteiger partial charge in [-0.15, -0.1) is 0 Å². The van der Waals surface area contributed by atoms with Crippen molar-refractivity contribution in [2.24, 2.45) is 10.8 Å². The molecule has 3 nitrogen and oxygen atoms in total. The fourth-order valence-electron chi connectivity index (χ4n) is 3.90. The molecule has 0 heterocycles. The molecular weight excluding hydrogens is 272 g/mol. The molecule has 0 aliphatic carbocycles. The van der Waals surface area contributed by atoms with Gasteiger partial charge in [0.2, 0.25) is 5.91 Å². The van der Waals surface area contributed by atoms with E-state index >= 15 is 0 Å². The molecule has 0 aromatic carbocycles. The number of rotatable bonds is 6. The van der Waals surface area contributed by atoms with E-state index in [4.69, 9.17) is 0 Å². The first-order chi connectivity index (χ1) is 9.43. The maximum absolute atomic E-state index is 12.4. The van der Waals surface area contributed by atoms with E-state index in [2.05, 4.69) is 79.9 Å². The molecule has 0 rings (SSSR count). The lowest BCUT2D eigenvalue weighted by atomic mass is 9.70. The monoisotopic (exact) mass is 312 g/mol. The summed E-state index contributed by atoms with van der Waals surface area (Å²) in [6, 6.07) is -0.190. The lowest BCUT2D eigenvalue weighted by Gasteiger charge is -2.40. The molecule has 3 heteroatoms. The molecule has 0 bridgehead atoms. The molecule has 0 saturated carbocycles. The van der Waals surface area contributed by atoms with Crippen molar-refractivity contribution < 1.29 is 4.79 Å². The van der Waals surface area contributed by atoms with Crippen molar-refractivity contribution in [3.63, 3.8) is 0 Å². The highest BCUT2D eigenvalue weighted by atomic mass is 16.2. The van der Waals surface area contributed by atoms with Crippen molar-refractivity contribution in [2.45, 2.75) is 106 Å². The van der Waals surface area contributed by atoms with Gasteiger partial charge in [0, 0.05) is 11.1 Å². The van der Waals surface area contributed by atoms with E-state index < -0.39 is 0 Å². The van der Waals surface area contributed by atoms with Gasteiger partial charge in [-0.3, -0.25) is 4.79 Å². The Morgan fingerprint density at radius 3 is 1.68 bits per heavy atom. The van der Waals surface area contributed by atoms with E-state index in [1.165, 1.54) is 0 Å². The molecule has 132 valence electrons. The third-order valence-corrected chi connectivity index (χ3v) is 3.43. The van der Waals surface area contributed by atoms with E-state index in [1.807, 2.05) is 6.92 Å². The third-order valence-electron chi connectivity index (χ3n) is 3.43. The zero-order valence-corrected chi connectivity index (χ0v) is 16.9. The topological polar surface area (TPSA) is 41.1 Å². The van der Waals surface area contributed by atoms with Gasteiger partial charge in [-0.2, -0.15) is 0 Å². The Morgan fingerprint density at radius 2 is 1.32 bits per heavy atom. The van der Waals surface area contributed by atoms with Gasteiger partial charge < -0.3 is 10.6 Å². The summed E-state index contributed by atoms with van der Waals surface area (Å²) in [5.74, 6) is 0.0754. The van der Waals surface area contributed by atoms with Crippen molar-refractivity contribution in [2.75, 3.05) is 0 Å². The van der Waals surface area contributed by atoms with E-state index in [-0.39, 0.29) is 28.4 Å². The average Bonchev–Trinajstić information content (AvgIpc) is 2.06. The minimum absolute atomic E-state index is 0.0631. The summed E-state index contributed by atoms with van der Waals surface area (Å²) in [6.45, 7) is 23.8. The molecule has 0 unspecified atom stereocenters. The molecule has 0 fully saturated rings. The largest absolute Gasteiger partial charge is 0.350 e. The number of hydrogen-bond acceptors (Lipinski definition) is 2. The Kier molecular flexibility index (Phi) is 6.72. The van der Waals surface area contributed by atoms with Gasteiger partial charge in [0.25, 0.3) is 0 Å². The fourth-order valence-corrected chi connectivity index (χ4v) is 3.90. The maximum atomic E-state index is 12.4. The first-order valence-electron chi connectivity index (χ1n) is 8.52. The summed E-state index contributed by atoms with van der Waals surface area (Å²) >= 11 is 0. The summed E-state index contributed by atoms with van der Waals surface area (Å²) < 4.78 is 0. The van der Waals surface area contributed by atoms with Crippen LogP contribution >= 0.6 is 0 Å². The van der Waals surface area contributed by atoms with Crippen molar-refractivity contribution in [1.82, 2.24) is 10.6 Å². The normalized spacial score (nSPS) is 15.6. The van der Waals surface area contributed by atoms with Crippen molar-refractivity contribution in [3.8, 4) is 0 Å². The summed E-state index contributed by atoms with van der Waals surface area (Å²) in [5, 5.41) is 6.55. The molecule has 2 N–H and O–H groups in total. The zero-order valence-electron chi connectivity index (χ0n) is 16.9. The summed E-state index contributed by atoms with van der Waals surface area (Å²) in [5.41, 5.74) is 0.215. The Hall–Kier alpha value is -0.570. The van der Waals surface area contributed by atoms with Gasteiger partial charge in [-0.05, 0) is 65.2 Å². The zero-order chi connectivity index (χ0) is 18.0. The summed E-state index contributed by atoms with van der Waals surface area (Å²) in [7, 11) is 0. The molecular formula is C19H40N2O. The molecule has 0 aromatic rings. The highest BCUT2D eigenvalue weighted by Crippen LogP contribution is 2.38. The van der Waals surface area contributed by atoms with Gasteiger partial charge >= 0.3 is 0 Å². The van der Waals surface area contributed by atoms with Crippen LogP contribution in [0.3, 0.4) is 0 Å². The van der Waals surface area contributed by atoms with Gasteiger partial charge in [0.15, 0.2) is 0 Å². The minimum atomic E-state index is -0.209. The van der Waals surface area contributed by atoms with Crippen molar-refractivity contribution in [1.29, 1.82) is 0 Å². The lowest BCUT2D eigenvalue weighted by molar-refractivity contribution is -0.125. The number of hydrogen-bond donors (Lipinski definition) is 2. The fraction of sp³-hybridized carbons (Fsp3) is 0.947. The van der Waals surface area contributed by atoms with Gasteiger partial charge in [-0.1, -0.05) is 34.6 Å². The predicted octanol–water partition coefficient (Wildman–Crippen LogP) is 4.51. The SMILES string of the molecule is C[C@H](NC(C)(C)C)C(=O)NC(C)(C)CC(C)(C)CC(C)(C)C. The molecule has 1 amide bonds. The molecule has 0 radical (unpaired) electrons. The van der Waals surface area contributed by atoms with Crippen LogP contribution in [0, 0.1) is 10.8 Å². The molecule has 0 aliphatic rings. The van der Waals surface area contributed by atoms with Crippen LogP contribution in [-0.4, -0.2) is 23.0 Å². The Balaban J connectivity index is 4.72. The Labute approximate surface area is 139 Å². The first kappa shape index (κ1) is 21.4. The van der Waals surface area contributed by atoms with Crippen LogP contribution in [0.5, 0.6) is 0 Å². The highest BCUT2D eigenvalue weighted by molar-refractivity contribution is 5.82. The number of nitrogens with one attached hydrogen (secondary N) is 2. The van der Waals surface area contributed by atoms with Gasteiger partial charge in [-0.25, -0.2) is 0 Å². The molecule has 0 spiro atoms. The smallest absolute Gasteiger partial charge is 0.237 e. The van der Waals surface area contributed by atoms with Gasteiger partial charge in [0.1, 0.15) is 0 Å². The predicted molar refractivity (Wildman–Crippen MR) is 97.0 cm³/mol. The number of carbonyl (C=O) groups is 1. The second-order valence-electron chi connectivity index (χ2n) is 10.6. The van der Waals surface area contributed by atoms with Crippen LogP contribution in [0.4, 0.5) is 0 Å². The third kappa shape index (κ3) is 10.2. The Morgan fingerprint density at radius 1 is 0.864 bits per heavy atom. The number of carbonyl (C=O) groups excluding carboxylic acids is 1. The second-order valence-corrected chi connectivity index (χ2v) is 10.6. The standard InChI is InChI=1S/C19H40N2O/c1-14(20-17(5,6)7)15(22)21-19(10,11)13-18(8,9)12-16(2,3)4/h14,20H,12-13H2,1-11H3,(H,21,22)/t14-/m0/s1. The minimum Gasteiger partial charge on any atom is -0.350 e. The number of amides is 1. The van der Waals surface area contributed by atoms with E-state index in [0.717, 1.165) is 12.8 Å². The van der Waals surface area contributed by atoms with Crippen LogP contribution in [0.2, 0.25) is 0 Å².